The Labute approximate surface area is 598 Å². The van der Waals surface area contributed by atoms with E-state index in [-0.39, 0.29) is 57.0 Å². The molecule has 13 aromatic carbocycles. The highest BCUT2D eigenvalue weighted by atomic mass is 19.1. The van der Waals surface area contributed by atoms with Gasteiger partial charge in [0.2, 0.25) is 0 Å². The number of aromatic hydroxyl groups is 2. The van der Waals surface area contributed by atoms with E-state index in [1.807, 2.05) is 72.8 Å². The summed E-state index contributed by atoms with van der Waals surface area (Å²) in [6.07, 6.45) is 0. The molecule has 2 N–H and O–H groups in total. The SMILES string of the molecule is CC(C)(c1ccc(O)cc1)c1ccc(O)cc1.CC(C)(c1ccc(Oc2ccc(C(=O)c3cccc(C(=O)c4ccc(F)cc4)c3)cc2)cc1)c1ccc(Oc2ccc(C(=O)c3cccc(C(=O)c4ccc(F)cc4)c3)cc2)cc1.O=C(c1ccc(F)cc1)c1cccc(C(=O)c2ccc(F)cc2)c1. The van der Waals surface area contributed by atoms with Crippen LogP contribution in [0.2, 0.25) is 0 Å². The minimum atomic E-state index is -0.432. The molecule has 514 valence electrons. The Morgan fingerprint density at radius 3 is 0.587 bits per heavy atom. The minimum Gasteiger partial charge on any atom is -0.508 e. The van der Waals surface area contributed by atoms with Gasteiger partial charge in [0.05, 0.1) is 0 Å². The van der Waals surface area contributed by atoms with Crippen LogP contribution in [0.4, 0.5) is 17.6 Å². The van der Waals surface area contributed by atoms with Crippen molar-refractivity contribution in [1.29, 1.82) is 0 Å². The average Bonchev–Trinajstić information content (AvgIpc) is 0.809. The first-order valence-electron chi connectivity index (χ1n) is 32.9. The van der Waals surface area contributed by atoms with Gasteiger partial charge in [-0.3, -0.25) is 28.8 Å². The third kappa shape index (κ3) is 17.7. The molecule has 0 fully saturated rings. The lowest BCUT2D eigenvalue weighted by atomic mass is 9.78. The largest absolute Gasteiger partial charge is 0.508 e. The number of halogens is 4. The summed E-state index contributed by atoms with van der Waals surface area (Å²) in [5.41, 5.74) is 8.13. The molecule has 0 aliphatic rings. The number of phenolic OH excluding ortho intramolecular Hbond substituents is 2. The maximum Gasteiger partial charge on any atom is 0.193 e. The van der Waals surface area contributed by atoms with E-state index < -0.39 is 23.3 Å². The van der Waals surface area contributed by atoms with Gasteiger partial charge in [-0.25, -0.2) is 17.6 Å². The summed E-state index contributed by atoms with van der Waals surface area (Å²) in [5, 5.41) is 18.6. The number of ether oxygens (including phenoxy) is 2. The number of hydrogen-bond acceptors (Lipinski definition) is 10. The van der Waals surface area contributed by atoms with Crippen molar-refractivity contribution in [3.05, 3.63) is 428 Å². The van der Waals surface area contributed by atoms with Crippen LogP contribution < -0.4 is 9.47 Å². The second kappa shape index (κ2) is 32.0. The lowest BCUT2D eigenvalue weighted by molar-refractivity contribution is 0.102. The Balaban J connectivity index is 0.000000213. The maximum atomic E-state index is 13.3. The van der Waals surface area contributed by atoms with Gasteiger partial charge in [0, 0.05) is 77.6 Å². The summed E-state index contributed by atoms with van der Waals surface area (Å²) < 4.78 is 64.8. The first kappa shape index (κ1) is 72.1. The molecule has 0 saturated heterocycles. The van der Waals surface area contributed by atoms with Crippen LogP contribution in [0.3, 0.4) is 0 Å². The molecule has 0 unspecified atom stereocenters. The molecule has 0 aliphatic heterocycles. The molecule has 0 amide bonds. The van der Waals surface area contributed by atoms with Crippen LogP contribution in [0.1, 0.15) is 145 Å². The van der Waals surface area contributed by atoms with Crippen molar-refractivity contribution >= 4 is 34.7 Å². The van der Waals surface area contributed by atoms with E-state index in [1.54, 1.807) is 140 Å². The molecule has 13 aromatic rings. The van der Waals surface area contributed by atoms with Crippen molar-refractivity contribution in [2.24, 2.45) is 0 Å². The second-order valence-electron chi connectivity index (χ2n) is 25.4. The summed E-state index contributed by atoms with van der Waals surface area (Å²) in [6, 6.07) is 83.9. The fourth-order valence-electron chi connectivity index (χ4n) is 11.4. The van der Waals surface area contributed by atoms with Crippen molar-refractivity contribution in [1.82, 2.24) is 0 Å². The molecule has 0 spiro atoms. The van der Waals surface area contributed by atoms with Gasteiger partial charge in [0.25, 0.3) is 0 Å². The average molecular weight is 1380 g/mol. The molecule has 104 heavy (non-hydrogen) atoms. The van der Waals surface area contributed by atoms with Gasteiger partial charge in [-0.05, 0) is 235 Å². The molecule has 0 heterocycles. The number of ketones is 6. The highest BCUT2D eigenvalue weighted by Crippen LogP contribution is 2.37. The van der Waals surface area contributed by atoms with E-state index in [0.717, 1.165) is 22.3 Å². The van der Waals surface area contributed by atoms with E-state index >= 15 is 0 Å². The van der Waals surface area contributed by atoms with E-state index in [9.17, 15) is 56.5 Å². The number of carbonyl (C=O) groups is 6. The monoisotopic (exact) mass is 1380 g/mol. The predicted octanol–water partition coefficient (Wildman–Crippen LogP) is 20.6. The molecule has 0 aliphatic carbocycles. The standard InChI is InChI=1S/C55H38F2O6.C20H12F2O2.C15H16O2/c1-55(2,43-17-29-49(30-18-43)62-47-25-13-37(14-26-47)53(60)41-7-3-5-39(33-41)51(58)35-9-21-45(56)22-10-35)44-19-31-50(32-20-44)63-48-27-15-38(16-28-48)54(61)42-8-4-6-40(34-42)52(59)36-11-23-46(57)24-12-36;21-17-8-4-13(5-9-17)19(23)15-2-1-3-16(12-15)20(24)14-6-10-18(22)11-7-14;1-15(2,11-3-7-13(16)8-4-11)12-5-9-14(17)10-6-12/h3-34H,1-2H3;1-12H;3-10,16-17H,1-2H3. The van der Waals surface area contributed by atoms with Crippen molar-refractivity contribution < 1.29 is 66.0 Å². The van der Waals surface area contributed by atoms with Gasteiger partial charge in [0.1, 0.15) is 57.8 Å². The van der Waals surface area contributed by atoms with Crippen molar-refractivity contribution in [3.63, 3.8) is 0 Å². The smallest absolute Gasteiger partial charge is 0.193 e. The Morgan fingerprint density at radius 1 is 0.231 bits per heavy atom. The Morgan fingerprint density at radius 2 is 0.394 bits per heavy atom. The van der Waals surface area contributed by atoms with Crippen LogP contribution in [-0.2, 0) is 10.8 Å². The molecule has 13 rings (SSSR count). The number of rotatable bonds is 20. The van der Waals surface area contributed by atoms with Crippen LogP contribution in [0.5, 0.6) is 34.5 Å². The van der Waals surface area contributed by atoms with Gasteiger partial charge < -0.3 is 19.7 Å². The topological polar surface area (TPSA) is 161 Å². The third-order valence-corrected chi connectivity index (χ3v) is 17.6. The number of hydrogen-bond donors (Lipinski definition) is 2. The minimum absolute atomic E-state index is 0.151. The highest BCUT2D eigenvalue weighted by molar-refractivity contribution is 6.15. The number of benzene rings is 13. The molecule has 14 heteroatoms. The van der Waals surface area contributed by atoms with E-state index in [4.69, 9.17) is 9.47 Å². The fourth-order valence-corrected chi connectivity index (χ4v) is 11.4. The lowest BCUT2D eigenvalue weighted by Crippen LogP contribution is -2.18. The lowest BCUT2D eigenvalue weighted by Gasteiger charge is -2.26. The molecular weight excluding hydrogens is 1320 g/mol. The quantitative estimate of drug-likeness (QED) is 0.0555. The van der Waals surface area contributed by atoms with Gasteiger partial charge in [0.15, 0.2) is 34.7 Å². The Hall–Kier alpha value is -13.2. The molecule has 0 saturated carbocycles. The Kier molecular flexibility index (Phi) is 22.2. The number of carbonyl (C=O) groups excluding carboxylic acids is 6. The van der Waals surface area contributed by atoms with E-state index in [0.29, 0.717) is 89.8 Å². The third-order valence-electron chi connectivity index (χ3n) is 17.6. The summed E-state index contributed by atoms with van der Waals surface area (Å²) in [7, 11) is 0. The fraction of sp³-hybridized carbons (Fsp3) is 0.0667. The van der Waals surface area contributed by atoms with Gasteiger partial charge in [-0.2, -0.15) is 0 Å². The first-order chi connectivity index (χ1) is 49.9. The summed E-state index contributed by atoms with van der Waals surface area (Å²) >= 11 is 0. The molecular formula is C90H66F4O10. The van der Waals surface area contributed by atoms with Crippen LogP contribution >= 0.6 is 0 Å². The predicted molar refractivity (Wildman–Crippen MR) is 392 cm³/mol. The molecule has 10 nitrogen and oxygen atoms in total. The van der Waals surface area contributed by atoms with Crippen LogP contribution in [0.15, 0.2) is 315 Å². The van der Waals surface area contributed by atoms with E-state index in [1.165, 1.54) is 103 Å². The molecule has 0 atom stereocenters. The van der Waals surface area contributed by atoms with Crippen molar-refractivity contribution in [2.75, 3.05) is 0 Å². The highest BCUT2D eigenvalue weighted by Gasteiger charge is 2.26. The summed E-state index contributed by atoms with van der Waals surface area (Å²) in [5.74, 6) is -0.499. The number of phenols is 2. The normalized spacial score (nSPS) is 11.0. The van der Waals surface area contributed by atoms with Gasteiger partial charge in [-0.15, -0.1) is 0 Å². The first-order valence-corrected chi connectivity index (χ1v) is 32.9. The summed E-state index contributed by atoms with van der Waals surface area (Å²) in [4.78, 5) is 77.4. The second-order valence-corrected chi connectivity index (χ2v) is 25.4. The molecule has 0 bridgehead atoms. The van der Waals surface area contributed by atoms with Gasteiger partial charge in [-0.1, -0.05) is 131 Å². The van der Waals surface area contributed by atoms with E-state index in [2.05, 4.69) is 27.7 Å². The summed E-state index contributed by atoms with van der Waals surface area (Å²) in [6.45, 7) is 8.50. The zero-order chi connectivity index (χ0) is 73.7. The Bertz CT molecular complexity index is 4910. The van der Waals surface area contributed by atoms with Gasteiger partial charge >= 0.3 is 0 Å². The zero-order valence-corrected chi connectivity index (χ0v) is 56.7. The van der Waals surface area contributed by atoms with Crippen LogP contribution in [0.25, 0.3) is 0 Å². The molecule has 0 radical (unpaired) electrons. The van der Waals surface area contributed by atoms with Crippen LogP contribution in [-0.4, -0.2) is 44.9 Å². The van der Waals surface area contributed by atoms with Crippen LogP contribution in [0, 0.1) is 23.3 Å². The zero-order valence-electron chi connectivity index (χ0n) is 56.7. The van der Waals surface area contributed by atoms with Crippen molar-refractivity contribution in [2.45, 2.75) is 38.5 Å². The maximum absolute atomic E-state index is 13.3. The molecule has 0 aromatic heterocycles. The van der Waals surface area contributed by atoms with Crippen molar-refractivity contribution in [3.8, 4) is 34.5 Å².